The molecule has 1 unspecified atom stereocenters. The third kappa shape index (κ3) is 5.29. The van der Waals surface area contributed by atoms with E-state index in [0.29, 0.717) is 5.25 Å². The molecule has 0 N–H and O–H groups in total. The summed E-state index contributed by atoms with van der Waals surface area (Å²) in [5.41, 5.74) is 3.50. The molecule has 0 saturated carbocycles. The van der Waals surface area contributed by atoms with Gasteiger partial charge in [-0.05, 0) is 55.2 Å². The van der Waals surface area contributed by atoms with Crippen LogP contribution < -0.4 is 4.74 Å². The molecule has 3 rings (SSSR count). The second kappa shape index (κ2) is 9.84. The van der Waals surface area contributed by atoms with Gasteiger partial charge in [0.2, 0.25) is 0 Å². The number of hydrogen-bond acceptors (Lipinski definition) is 3. The lowest BCUT2D eigenvalue weighted by molar-refractivity contribution is 0.0766. The largest absolute Gasteiger partial charge is 0.494 e. The Balaban J connectivity index is 1.60. The number of ether oxygens (including phenoxy) is 1. The van der Waals surface area contributed by atoms with E-state index >= 15 is 0 Å². The summed E-state index contributed by atoms with van der Waals surface area (Å²) in [5.74, 6) is 1.94. The Morgan fingerprint density at radius 3 is 2.67 bits per heavy atom. The molecule has 27 heavy (non-hydrogen) atoms. The molecule has 2 aromatic rings. The number of hydrogen-bond donors (Lipinski definition) is 0. The Bertz CT molecular complexity index is 744. The van der Waals surface area contributed by atoms with Gasteiger partial charge in [0.25, 0.3) is 5.91 Å². The van der Waals surface area contributed by atoms with Gasteiger partial charge in [-0.3, -0.25) is 4.79 Å². The molecule has 0 aliphatic carbocycles. The van der Waals surface area contributed by atoms with Crippen LogP contribution in [0.5, 0.6) is 5.75 Å². The molecule has 1 aliphatic heterocycles. The maximum atomic E-state index is 12.9. The van der Waals surface area contributed by atoms with Crippen molar-refractivity contribution in [3.05, 3.63) is 65.2 Å². The maximum Gasteiger partial charge on any atom is 0.253 e. The number of aryl methyl sites for hydroxylation is 1. The van der Waals surface area contributed by atoms with Crippen LogP contribution in [0.1, 0.15) is 52.9 Å². The fourth-order valence-corrected chi connectivity index (χ4v) is 4.71. The van der Waals surface area contributed by atoms with Gasteiger partial charge in [0.05, 0.1) is 6.61 Å². The number of carbonyl (C=O) groups is 1. The summed E-state index contributed by atoms with van der Waals surface area (Å²) >= 11 is 1.97. The number of unbranched alkanes of at least 4 members (excludes halogenated alkanes) is 1. The number of nitrogens with zero attached hydrogens (tertiary/aromatic N) is 1. The van der Waals surface area contributed by atoms with Crippen molar-refractivity contribution in [3.63, 3.8) is 0 Å². The van der Waals surface area contributed by atoms with Crippen LogP contribution in [0.15, 0.2) is 48.5 Å². The van der Waals surface area contributed by atoms with Gasteiger partial charge in [-0.15, -0.1) is 0 Å². The first-order valence-electron chi connectivity index (χ1n) is 9.88. The van der Waals surface area contributed by atoms with Gasteiger partial charge in [0.1, 0.15) is 5.75 Å². The van der Waals surface area contributed by atoms with E-state index in [2.05, 4.69) is 38.1 Å². The summed E-state index contributed by atoms with van der Waals surface area (Å²) in [5, 5.41) is 0.471. The number of benzene rings is 2. The summed E-state index contributed by atoms with van der Waals surface area (Å²) in [6.07, 6.45) is 3.17. The molecule has 1 atom stereocenters. The molecule has 2 aromatic carbocycles. The minimum Gasteiger partial charge on any atom is -0.494 e. The Labute approximate surface area is 167 Å². The van der Waals surface area contributed by atoms with Crippen LogP contribution in [-0.4, -0.2) is 36.3 Å². The molecule has 3 nitrogen and oxygen atoms in total. The summed E-state index contributed by atoms with van der Waals surface area (Å²) in [7, 11) is 0. The van der Waals surface area contributed by atoms with Crippen molar-refractivity contribution >= 4 is 17.7 Å². The summed E-state index contributed by atoms with van der Waals surface area (Å²) in [6, 6.07) is 16.2. The van der Waals surface area contributed by atoms with E-state index in [4.69, 9.17) is 4.74 Å². The van der Waals surface area contributed by atoms with Crippen molar-refractivity contribution in [2.24, 2.45) is 0 Å². The molecule has 1 fully saturated rings. The number of thioether (sulfide) groups is 1. The quantitative estimate of drug-likeness (QED) is 0.617. The van der Waals surface area contributed by atoms with Crippen LogP contribution in [0.3, 0.4) is 0 Å². The first kappa shape index (κ1) is 19.8. The van der Waals surface area contributed by atoms with Gasteiger partial charge < -0.3 is 9.64 Å². The maximum absolute atomic E-state index is 12.9. The first-order valence-corrected chi connectivity index (χ1v) is 10.9. The van der Waals surface area contributed by atoms with Gasteiger partial charge in [-0.2, -0.15) is 11.8 Å². The van der Waals surface area contributed by atoms with Gasteiger partial charge in [0.15, 0.2) is 0 Å². The first-order chi connectivity index (χ1) is 13.2. The van der Waals surface area contributed by atoms with Gasteiger partial charge >= 0.3 is 0 Å². The number of rotatable bonds is 6. The summed E-state index contributed by atoms with van der Waals surface area (Å²) < 4.78 is 5.69. The van der Waals surface area contributed by atoms with Gasteiger partial charge in [-0.25, -0.2) is 0 Å². The van der Waals surface area contributed by atoms with Crippen LogP contribution in [0.4, 0.5) is 0 Å². The standard InChI is InChI=1S/C23H29NO2S/c1-3-4-16-26-20-11-9-19(10-12-20)23(25)24-14-13-22(27-17-15-24)21-8-6-5-7-18(21)2/h5-12,22H,3-4,13-17H2,1-2H3. The molecular formula is C23H29NO2S. The van der Waals surface area contributed by atoms with Gasteiger partial charge in [-0.1, -0.05) is 37.6 Å². The fourth-order valence-electron chi connectivity index (χ4n) is 3.38. The van der Waals surface area contributed by atoms with Crippen molar-refractivity contribution in [1.29, 1.82) is 0 Å². The van der Waals surface area contributed by atoms with E-state index < -0.39 is 0 Å². The third-order valence-corrected chi connectivity index (χ3v) is 6.34. The monoisotopic (exact) mass is 383 g/mol. The van der Waals surface area contributed by atoms with Crippen LogP contribution in [0.25, 0.3) is 0 Å². The highest BCUT2D eigenvalue weighted by molar-refractivity contribution is 7.99. The van der Waals surface area contributed by atoms with E-state index in [-0.39, 0.29) is 5.91 Å². The lowest BCUT2D eigenvalue weighted by Crippen LogP contribution is -2.32. The molecule has 0 radical (unpaired) electrons. The zero-order valence-corrected chi connectivity index (χ0v) is 17.1. The van der Waals surface area contributed by atoms with Crippen LogP contribution in [0.2, 0.25) is 0 Å². The van der Waals surface area contributed by atoms with Crippen LogP contribution >= 0.6 is 11.8 Å². The minimum absolute atomic E-state index is 0.126. The molecule has 0 aromatic heterocycles. The normalized spacial score (nSPS) is 17.4. The topological polar surface area (TPSA) is 29.5 Å². The molecule has 0 bridgehead atoms. The highest BCUT2D eigenvalue weighted by Crippen LogP contribution is 2.36. The Morgan fingerprint density at radius 2 is 1.93 bits per heavy atom. The van der Waals surface area contributed by atoms with Crippen LogP contribution in [-0.2, 0) is 0 Å². The zero-order valence-electron chi connectivity index (χ0n) is 16.3. The van der Waals surface area contributed by atoms with Gasteiger partial charge in [0, 0.05) is 29.7 Å². The number of amides is 1. The average Bonchev–Trinajstić information content (AvgIpc) is 2.95. The van der Waals surface area contributed by atoms with E-state index in [9.17, 15) is 4.79 Å². The minimum atomic E-state index is 0.126. The molecule has 1 aliphatic rings. The lowest BCUT2D eigenvalue weighted by atomic mass is 10.0. The lowest BCUT2D eigenvalue weighted by Gasteiger charge is -2.21. The van der Waals surface area contributed by atoms with Crippen molar-refractivity contribution in [3.8, 4) is 5.75 Å². The van der Waals surface area contributed by atoms with Crippen molar-refractivity contribution < 1.29 is 9.53 Å². The number of carbonyl (C=O) groups excluding carboxylic acids is 1. The second-order valence-corrected chi connectivity index (χ2v) is 8.33. The SMILES string of the molecule is CCCCOc1ccc(C(=O)N2CCSC(c3ccccc3C)CC2)cc1. The van der Waals surface area contributed by atoms with Crippen molar-refractivity contribution in [1.82, 2.24) is 4.90 Å². The van der Waals surface area contributed by atoms with Crippen LogP contribution in [0, 0.1) is 6.92 Å². The van der Waals surface area contributed by atoms with E-state index in [1.54, 1.807) is 0 Å². The predicted molar refractivity (Wildman–Crippen MR) is 114 cm³/mol. The molecular weight excluding hydrogens is 354 g/mol. The smallest absolute Gasteiger partial charge is 0.253 e. The molecule has 0 spiro atoms. The summed E-state index contributed by atoms with van der Waals surface area (Å²) in [6.45, 7) is 6.66. The highest BCUT2D eigenvalue weighted by atomic mass is 32.2. The van der Waals surface area contributed by atoms with E-state index in [1.165, 1.54) is 11.1 Å². The molecule has 1 heterocycles. The Morgan fingerprint density at radius 1 is 1.15 bits per heavy atom. The third-order valence-electron chi connectivity index (χ3n) is 5.03. The van der Waals surface area contributed by atoms with Crippen molar-refractivity contribution in [2.75, 3.05) is 25.4 Å². The van der Waals surface area contributed by atoms with E-state index in [1.807, 2.05) is 40.9 Å². The Kier molecular flexibility index (Phi) is 7.22. The Hall–Kier alpha value is -1.94. The average molecular weight is 384 g/mol. The molecule has 144 valence electrons. The van der Waals surface area contributed by atoms with E-state index in [0.717, 1.165) is 56.0 Å². The predicted octanol–water partition coefficient (Wildman–Crippen LogP) is 5.49. The fraction of sp³-hybridized carbons (Fsp3) is 0.435. The zero-order chi connectivity index (χ0) is 19.1. The summed E-state index contributed by atoms with van der Waals surface area (Å²) in [4.78, 5) is 14.9. The highest BCUT2D eigenvalue weighted by Gasteiger charge is 2.23. The molecule has 1 amide bonds. The van der Waals surface area contributed by atoms with Crippen molar-refractivity contribution in [2.45, 2.75) is 38.4 Å². The molecule has 4 heteroatoms. The second-order valence-electron chi connectivity index (χ2n) is 7.02. The molecule has 1 saturated heterocycles.